The first kappa shape index (κ1) is 20.0. The van der Waals surface area contributed by atoms with Crippen LogP contribution in [0, 0.1) is 0 Å². The molecule has 0 radical (unpaired) electrons. The fourth-order valence-corrected chi connectivity index (χ4v) is 3.29. The fraction of sp³-hybridized carbons (Fsp3) is 0.500. The minimum absolute atomic E-state index is 0.249. The molecule has 0 spiro atoms. The summed E-state index contributed by atoms with van der Waals surface area (Å²) in [4.78, 5) is 13.0. The smallest absolute Gasteiger partial charge is 0.257 e. The number of benzene rings is 1. The zero-order valence-corrected chi connectivity index (χ0v) is 16.9. The predicted molar refractivity (Wildman–Crippen MR) is 107 cm³/mol. The van der Waals surface area contributed by atoms with E-state index in [9.17, 15) is 4.79 Å². The molecule has 0 aliphatic carbocycles. The molecule has 2 heterocycles. The maximum atomic E-state index is 13.0. The number of carbonyl (C=O) groups is 1. The Bertz CT molecular complexity index is 820. The highest BCUT2D eigenvalue weighted by atomic mass is 16.5. The second-order valence-corrected chi connectivity index (χ2v) is 6.38. The Morgan fingerprint density at radius 1 is 1.14 bits per heavy atom. The van der Waals surface area contributed by atoms with Gasteiger partial charge in [-0.3, -0.25) is 9.48 Å². The molecule has 1 aliphatic rings. The molecule has 0 saturated heterocycles. The molecular weight excluding hydrogens is 360 g/mol. The summed E-state index contributed by atoms with van der Waals surface area (Å²) in [5, 5.41) is 10.8. The normalized spacial score (nSPS) is 13.0. The molecule has 0 bridgehead atoms. The van der Waals surface area contributed by atoms with Gasteiger partial charge in [0.2, 0.25) is 5.75 Å². The lowest BCUT2D eigenvalue weighted by molar-refractivity contribution is 0.102. The Morgan fingerprint density at radius 2 is 1.79 bits per heavy atom. The van der Waals surface area contributed by atoms with Gasteiger partial charge in [0.15, 0.2) is 11.5 Å². The number of aryl methyl sites for hydroxylation is 1. The SMILES string of the molecule is CCOc1cc(C(=O)Nc2c3c(nn2C)CCNC3)cc(OCC)c1OCC. The van der Waals surface area contributed by atoms with E-state index in [1.165, 1.54) is 0 Å². The van der Waals surface area contributed by atoms with Crippen molar-refractivity contribution in [1.82, 2.24) is 15.1 Å². The molecule has 2 N–H and O–H groups in total. The first-order chi connectivity index (χ1) is 13.6. The second-order valence-electron chi connectivity index (χ2n) is 6.38. The Balaban J connectivity index is 1.94. The minimum atomic E-state index is -0.249. The maximum Gasteiger partial charge on any atom is 0.257 e. The average Bonchev–Trinajstić information content (AvgIpc) is 3.00. The number of carbonyl (C=O) groups excluding carboxylic acids is 1. The van der Waals surface area contributed by atoms with Gasteiger partial charge >= 0.3 is 0 Å². The first-order valence-corrected chi connectivity index (χ1v) is 9.72. The Morgan fingerprint density at radius 3 is 2.39 bits per heavy atom. The number of aromatic nitrogens is 2. The van der Waals surface area contributed by atoms with Gasteiger partial charge in [0.05, 0.1) is 25.5 Å². The monoisotopic (exact) mass is 388 g/mol. The molecule has 1 amide bonds. The van der Waals surface area contributed by atoms with Crippen LogP contribution < -0.4 is 24.8 Å². The highest BCUT2D eigenvalue weighted by Gasteiger charge is 2.23. The van der Waals surface area contributed by atoms with E-state index in [4.69, 9.17) is 14.2 Å². The van der Waals surface area contributed by atoms with Gasteiger partial charge in [-0.2, -0.15) is 5.10 Å². The van der Waals surface area contributed by atoms with Crippen molar-refractivity contribution in [2.45, 2.75) is 33.7 Å². The number of hydrogen-bond acceptors (Lipinski definition) is 6. The van der Waals surface area contributed by atoms with Crippen molar-refractivity contribution >= 4 is 11.7 Å². The molecule has 1 aliphatic heterocycles. The van der Waals surface area contributed by atoms with Crippen LogP contribution in [-0.2, 0) is 20.0 Å². The van der Waals surface area contributed by atoms with E-state index in [1.807, 2.05) is 27.8 Å². The van der Waals surface area contributed by atoms with E-state index in [0.717, 1.165) is 24.2 Å². The number of ether oxygens (including phenoxy) is 3. The van der Waals surface area contributed by atoms with Gasteiger partial charge in [-0.05, 0) is 32.9 Å². The molecule has 8 nitrogen and oxygen atoms in total. The molecule has 1 aromatic carbocycles. The van der Waals surface area contributed by atoms with Gasteiger partial charge in [-0.1, -0.05) is 0 Å². The Kier molecular flexibility index (Phi) is 6.41. The molecule has 0 atom stereocenters. The maximum absolute atomic E-state index is 13.0. The second kappa shape index (κ2) is 8.97. The molecule has 0 saturated carbocycles. The van der Waals surface area contributed by atoms with E-state index in [-0.39, 0.29) is 5.91 Å². The van der Waals surface area contributed by atoms with Crippen LogP contribution in [0.4, 0.5) is 5.82 Å². The van der Waals surface area contributed by atoms with E-state index in [0.29, 0.717) is 55.0 Å². The number of nitrogens with zero attached hydrogens (tertiary/aromatic N) is 2. The van der Waals surface area contributed by atoms with Crippen molar-refractivity contribution in [3.05, 3.63) is 29.0 Å². The van der Waals surface area contributed by atoms with Crippen molar-refractivity contribution in [2.24, 2.45) is 7.05 Å². The minimum Gasteiger partial charge on any atom is -0.490 e. The molecule has 0 fully saturated rings. The van der Waals surface area contributed by atoms with E-state index in [2.05, 4.69) is 15.7 Å². The molecule has 1 aromatic heterocycles. The zero-order chi connectivity index (χ0) is 20.1. The van der Waals surface area contributed by atoms with Crippen LogP contribution in [0.15, 0.2) is 12.1 Å². The molecule has 3 rings (SSSR count). The van der Waals surface area contributed by atoms with Crippen molar-refractivity contribution in [3.63, 3.8) is 0 Å². The summed E-state index contributed by atoms with van der Waals surface area (Å²) in [6, 6.07) is 3.38. The molecular formula is C20H28N4O4. The lowest BCUT2D eigenvalue weighted by Crippen LogP contribution is -2.24. The van der Waals surface area contributed by atoms with Crippen molar-refractivity contribution in [3.8, 4) is 17.2 Å². The van der Waals surface area contributed by atoms with Gasteiger partial charge < -0.3 is 24.8 Å². The van der Waals surface area contributed by atoms with E-state index < -0.39 is 0 Å². The number of hydrogen-bond donors (Lipinski definition) is 2. The first-order valence-electron chi connectivity index (χ1n) is 9.72. The highest BCUT2D eigenvalue weighted by molar-refractivity contribution is 6.05. The van der Waals surface area contributed by atoms with Crippen LogP contribution in [0.25, 0.3) is 0 Å². The standard InChI is InChI=1S/C20H28N4O4/c1-5-26-16-10-13(11-17(27-6-2)18(16)28-7-3)20(25)22-19-14-12-21-9-8-15(14)23-24(19)4/h10-11,21H,5-9,12H2,1-4H3,(H,22,25). The molecule has 2 aromatic rings. The number of fused-ring (bicyclic) bond motifs is 1. The van der Waals surface area contributed by atoms with Crippen LogP contribution in [-0.4, -0.2) is 42.1 Å². The topological polar surface area (TPSA) is 86.6 Å². The highest BCUT2D eigenvalue weighted by Crippen LogP contribution is 2.39. The summed E-state index contributed by atoms with van der Waals surface area (Å²) in [5.74, 6) is 1.96. The summed E-state index contributed by atoms with van der Waals surface area (Å²) in [5.41, 5.74) is 2.49. The van der Waals surface area contributed by atoms with Crippen molar-refractivity contribution in [1.29, 1.82) is 0 Å². The molecule has 8 heteroatoms. The quantitative estimate of drug-likeness (QED) is 0.723. The van der Waals surface area contributed by atoms with E-state index in [1.54, 1.807) is 16.8 Å². The lowest BCUT2D eigenvalue weighted by Gasteiger charge is -2.17. The van der Waals surface area contributed by atoms with Crippen molar-refractivity contribution < 1.29 is 19.0 Å². The molecule has 0 unspecified atom stereocenters. The summed E-state index contributed by atoms with van der Waals surface area (Å²) in [6.07, 6.45) is 0.852. The largest absolute Gasteiger partial charge is 0.490 e. The van der Waals surface area contributed by atoms with Gasteiger partial charge in [0, 0.05) is 37.7 Å². The van der Waals surface area contributed by atoms with Crippen molar-refractivity contribution in [2.75, 3.05) is 31.7 Å². The number of nitrogens with one attached hydrogen (secondary N) is 2. The van der Waals surface area contributed by atoms with Crippen LogP contribution in [0.5, 0.6) is 17.2 Å². The third-order valence-corrected chi connectivity index (χ3v) is 4.47. The lowest BCUT2D eigenvalue weighted by atomic mass is 10.1. The summed E-state index contributed by atoms with van der Waals surface area (Å²) < 4.78 is 18.8. The third-order valence-electron chi connectivity index (χ3n) is 4.47. The van der Waals surface area contributed by atoms with Gasteiger partial charge in [0.25, 0.3) is 5.91 Å². The summed E-state index contributed by atoms with van der Waals surface area (Å²) in [7, 11) is 1.84. The zero-order valence-electron chi connectivity index (χ0n) is 16.9. The van der Waals surface area contributed by atoms with Crippen LogP contribution >= 0.6 is 0 Å². The van der Waals surface area contributed by atoms with Crippen LogP contribution in [0.3, 0.4) is 0 Å². The predicted octanol–water partition coefficient (Wildman–Crippen LogP) is 2.51. The average molecular weight is 388 g/mol. The van der Waals surface area contributed by atoms with Gasteiger partial charge in [0.1, 0.15) is 5.82 Å². The third kappa shape index (κ3) is 4.06. The van der Waals surface area contributed by atoms with Gasteiger partial charge in [-0.25, -0.2) is 0 Å². The summed E-state index contributed by atoms with van der Waals surface area (Å²) in [6.45, 7) is 8.64. The van der Waals surface area contributed by atoms with E-state index >= 15 is 0 Å². The van der Waals surface area contributed by atoms with Crippen LogP contribution in [0.2, 0.25) is 0 Å². The summed E-state index contributed by atoms with van der Waals surface area (Å²) >= 11 is 0. The number of rotatable bonds is 8. The molecule has 28 heavy (non-hydrogen) atoms. The number of anilines is 1. The fourth-order valence-electron chi connectivity index (χ4n) is 3.29. The molecule has 152 valence electrons. The van der Waals surface area contributed by atoms with Gasteiger partial charge in [-0.15, -0.1) is 0 Å². The van der Waals surface area contributed by atoms with Crippen LogP contribution in [0.1, 0.15) is 42.4 Å². The Labute approximate surface area is 165 Å². The number of amides is 1. The Hall–Kier alpha value is -2.74.